The van der Waals surface area contributed by atoms with Gasteiger partial charge in [0.05, 0.1) is 6.54 Å². The summed E-state index contributed by atoms with van der Waals surface area (Å²) in [6.45, 7) is 10.5. The quantitative estimate of drug-likeness (QED) is 0.352. The lowest BCUT2D eigenvalue weighted by Crippen LogP contribution is -2.45. The highest BCUT2D eigenvalue weighted by Gasteiger charge is 2.18. The number of rotatable bonds is 7. The van der Waals surface area contributed by atoms with Crippen LogP contribution in [-0.2, 0) is 11.3 Å². The second kappa shape index (κ2) is 12.8. The minimum absolute atomic E-state index is 0. The number of likely N-dealkylation sites (tertiary alicyclic amines) is 1. The van der Waals surface area contributed by atoms with Gasteiger partial charge < -0.3 is 20.3 Å². The molecule has 1 saturated heterocycles. The average Bonchev–Trinajstić information content (AvgIpc) is 2.65. The van der Waals surface area contributed by atoms with E-state index in [0.717, 1.165) is 37.1 Å². The first-order valence-electron chi connectivity index (χ1n) is 9.64. The number of hydrogen-bond donors (Lipinski definition) is 2. The Bertz CT molecular complexity index is 601. The van der Waals surface area contributed by atoms with Crippen molar-refractivity contribution in [3.8, 4) is 5.75 Å². The van der Waals surface area contributed by atoms with Gasteiger partial charge in [-0.05, 0) is 50.3 Å². The fourth-order valence-corrected chi connectivity index (χ4v) is 2.94. The lowest BCUT2D eigenvalue weighted by molar-refractivity contribution is -0.122. The van der Waals surface area contributed by atoms with Crippen LogP contribution in [0.4, 0.5) is 0 Å². The molecule has 0 atom stereocenters. The maximum Gasteiger partial charge on any atom is 0.257 e. The summed E-state index contributed by atoms with van der Waals surface area (Å²) < 4.78 is 5.56. The Kier molecular flexibility index (Phi) is 11.2. The van der Waals surface area contributed by atoms with Crippen molar-refractivity contribution in [1.29, 1.82) is 0 Å². The number of carbonyl (C=O) groups excluding carboxylic acids is 1. The summed E-state index contributed by atoms with van der Waals surface area (Å²) in [6.07, 6.45) is 2.43. The zero-order valence-electron chi connectivity index (χ0n) is 16.7. The molecule has 7 heteroatoms. The van der Waals surface area contributed by atoms with Gasteiger partial charge >= 0.3 is 0 Å². The van der Waals surface area contributed by atoms with Crippen molar-refractivity contribution in [2.24, 2.45) is 10.9 Å². The third-order valence-corrected chi connectivity index (χ3v) is 4.47. The van der Waals surface area contributed by atoms with Crippen LogP contribution in [0, 0.1) is 5.92 Å². The molecule has 6 nitrogen and oxygen atoms in total. The fraction of sp³-hybridized carbons (Fsp3) is 0.600. The van der Waals surface area contributed by atoms with Crippen molar-refractivity contribution in [3.63, 3.8) is 0 Å². The zero-order chi connectivity index (χ0) is 18.8. The van der Waals surface area contributed by atoms with Crippen LogP contribution < -0.4 is 15.4 Å². The van der Waals surface area contributed by atoms with E-state index in [9.17, 15) is 4.79 Å². The molecule has 1 amide bonds. The van der Waals surface area contributed by atoms with E-state index in [1.807, 2.05) is 31.2 Å². The predicted molar refractivity (Wildman–Crippen MR) is 121 cm³/mol. The lowest BCUT2D eigenvalue weighted by atomic mass is 10.00. The Labute approximate surface area is 180 Å². The summed E-state index contributed by atoms with van der Waals surface area (Å²) >= 11 is 0. The number of guanidine groups is 1. The molecule has 27 heavy (non-hydrogen) atoms. The van der Waals surface area contributed by atoms with Crippen LogP contribution in [0.2, 0.25) is 0 Å². The molecule has 2 rings (SSSR count). The van der Waals surface area contributed by atoms with Gasteiger partial charge in [-0.3, -0.25) is 4.79 Å². The number of amides is 1. The van der Waals surface area contributed by atoms with E-state index in [-0.39, 0.29) is 36.5 Å². The Hall–Kier alpha value is -1.51. The standard InChI is InChI=1S/C20H32N4O2.HI/c1-4-21-19(25)15-26-18-8-6-7-17(13-18)14-23-20(22-5-2)24-11-9-16(3)10-12-24;/h6-8,13,16H,4-5,9-12,14-15H2,1-3H3,(H,21,25)(H,22,23);1H. The van der Waals surface area contributed by atoms with E-state index >= 15 is 0 Å². The lowest BCUT2D eigenvalue weighted by Gasteiger charge is -2.33. The topological polar surface area (TPSA) is 66.0 Å². The average molecular weight is 488 g/mol. The molecule has 0 aliphatic carbocycles. The van der Waals surface area contributed by atoms with Crippen molar-refractivity contribution in [2.75, 3.05) is 32.8 Å². The van der Waals surface area contributed by atoms with Gasteiger partial charge in [0.15, 0.2) is 12.6 Å². The number of carbonyl (C=O) groups is 1. The Morgan fingerprint density at radius 1 is 1.22 bits per heavy atom. The highest BCUT2D eigenvalue weighted by molar-refractivity contribution is 14.0. The molecule has 0 aromatic heterocycles. The smallest absolute Gasteiger partial charge is 0.257 e. The first kappa shape index (κ1) is 23.5. The zero-order valence-corrected chi connectivity index (χ0v) is 19.0. The van der Waals surface area contributed by atoms with E-state index in [1.165, 1.54) is 12.8 Å². The van der Waals surface area contributed by atoms with Crippen LogP contribution in [0.1, 0.15) is 39.2 Å². The van der Waals surface area contributed by atoms with Gasteiger partial charge in [-0.15, -0.1) is 24.0 Å². The van der Waals surface area contributed by atoms with Crippen LogP contribution in [-0.4, -0.2) is 49.6 Å². The highest BCUT2D eigenvalue weighted by atomic mass is 127. The van der Waals surface area contributed by atoms with Crippen LogP contribution in [0.5, 0.6) is 5.75 Å². The third-order valence-electron chi connectivity index (χ3n) is 4.47. The molecule has 1 aromatic carbocycles. The fourth-order valence-electron chi connectivity index (χ4n) is 2.94. The number of nitrogens with one attached hydrogen (secondary N) is 2. The van der Waals surface area contributed by atoms with Gasteiger partial charge in [0.2, 0.25) is 0 Å². The van der Waals surface area contributed by atoms with E-state index in [2.05, 4.69) is 29.4 Å². The number of hydrogen-bond acceptors (Lipinski definition) is 3. The number of likely N-dealkylation sites (N-methyl/N-ethyl adjacent to an activating group) is 1. The molecule has 0 spiro atoms. The second-order valence-electron chi connectivity index (χ2n) is 6.73. The molecular weight excluding hydrogens is 455 g/mol. The molecule has 0 saturated carbocycles. The molecular formula is C20H33IN4O2. The summed E-state index contributed by atoms with van der Waals surface area (Å²) in [6, 6.07) is 7.78. The van der Waals surface area contributed by atoms with Crippen LogP contribution >= 0.6 is 24.0 Å². The monoisotopic (exact) mass is 488 g/mol. The molecule has 1 heterocycles. The summed E-state index contributed by atoms with van der Waals surface area (Å²) in [5, 5.41) is 6.12. The second-order valence-corrected chi connectivity index (χ2v) is 6.73. The van der Waals surface area contributed by atoms with Crippen LogP contribution in [0.25, 0.3) is 0 Å². The van der Waals surface area contributed by atoms with Crippen LogP contribution in [0.3, 0.4) is 0 Å². The first-order valence-corrected chi connectivity index (χ1v) is 9.64. The number of piperidine rings is 1. The molecule has 0 bridgehead atoms. The van der Waals surface area contributed by atoms with Gasteiger partial charge in [-0.2, -0.15) is 0 Å². The summed E-state index contributed by atoms with van der Waals surface area (Å²) in [5.41, 5.74) is 1.07. The molecule has 1 fully saturated rings. The normalized spacial score (nSPS) is 15.1. The molecule has 152 valence electrons. The number of ether oxygens (including phenoxy) is 1. The molecule has 1 aliphatic rings. The molecule has 1 aliphatic heterocycles. The van der Waals surface area contributed by atoms with Gasteiger partial charge in [0.25, 0.3) is 5.91 Å². The maximum atomic E-state index is 11.5. The van der Waals surface area contributed by atoms with Crippen molar-refractivity contribution in [2.45, 2.75) is 40.2 Å². The third kappa shape index (κ3) is 8.36. The molecule has 0 radical (unpaired) electrons. The van der Waals surface area contributed by atoms with Crippen molar-refractivity contribution < 1.29 is 9.53 Å². The van der Waals surface area contributed by atoms with E-state index in [4.69, 9.17) is 9.73 Å². The maximum absolute atomic E-state index is 11.5. The summed E-state index contributed by atoms with van der Waals surface area (Å²) in [4.78, 5) is 18.7. The molecule has 2 N–H and O–H groups in total. The number of benzene rings is 1. The van der Waals surface area contributed by atoms with Gasteiger partial charge in [-0.25, -0.2) is 4.99 Å². The Morgan fingerprint density at radius 3 is 2.59 bits per heavy atom. The van der Waals surface area contributed by atoms with Crippen LogP contribution in [0.15, 0.2) is 29.3 Å². The van der Waals surface area contributed by atoms with Crippen molar-refractivity contribution >= 4 is 35.8 Å². The number of aliphatic imine (C=N–C) groups is 1. The highest BCUT2D eigenvalue weighted by Crippen LogP contribution is 2.17. The minimum atomic E-state index is -0.107. The van der Waals surface area contributed by atoms with Gasteiger partial charge in [-0.1, -0.05) is 19.1 Å². The van der Waals surface area contributed by atoms with Gasteiger partial charge in [0, 0.05) is 26.2 Å². The SMILES string of the molecule is CCNC(=O)COc1cccc(CN=C(NCC)N2CCC(C)CC2)c1.I. The molecule has 0 unspecified atom stereocenters. The number of halogens is 1. The first-order chi connectivity index (χ1) is 12.6. The summed E-state index contributed by atoms with van der Waals surface area (Å²) in [7, 11) is 0. The Balaban J connectivity index is 0.00000364. The minimum Gasteiger partial charge on any atom is -0.484 e. The number of nitrogens with zero attached hydrogens (tertiary/aromatic N) is 2. The van der Waals surface area contributed by atoms with Crippen molar-refractivity contribution in [3.05, 3.63) is 29.8 Å². The predicted octanol–water partition coefficient (Wildman–Crippen LogP) is 3.02. The van der Waals surface area contributed by atoms with E-state index < -0.39 is 0 Å². The van der Waals surface area contributed by atoms with Crippen molar-refractivity contribution in [1.82, 2.24) is 15.5 Å². The van der Waals surface area contributed by atoms with E-state index in [0.29, 0.717) is 18.8 Å². The van der Waals surface area contributed by atoms with E-state index in [1.54, 1.807) is 0 Å². The van der Waals surface area contributed by atoms with Gasteiger partial charge in [0.1, 0.15) is 5.75 Å². The Morgan fingerprint density at radius 2 is 1.93 bits per heavy atom. The molecule has 1 aromatic rings. The largest absolute Gasteiger partial charge is 0.484 e. The summed E-state index contributed by atoms with van der Waals surface area (Å²) in [5.74, 6) is 2.37.